The van der Waals surface area contributed by atoms with Crippen LogP contribution < -0.4 is 4.72 Å². The van der Waals surface area contributed by atoms with Crippen LogP contribution in [0.15, 0.2) is 47.4 Å². The molecule has 0 aromatic heterocycles. The molecule has 1 aliphatic carbocycles. The fraction of sp³-hybridized carbons (Fsp3) is 0.250. The van der Waals surface area contributed by atoms with E-state index in [0.29, 0.717) is 0 Å². The van der Waals surface area contributed by atoms with Gasteiger partial charge in [0.1, 0.15) is 10.7 Å². The van der Waals surface area contributed by atoms with E-state index in [-0.39, 0.29) is 16.0 Å². The monoisotopic (exact) mass is 339 g/mol. The molecule has 2 aromatic carbocycles. The Morgan fingerprint density at radius 1 is 1.18 bits per heavy atom. The van der Waals surface area contributed by atoms with Crippen molar-refractivity contribution >= 4 is 21.6 Å². The van der Waals surface area contributed by atoms with Gasteiger partial charge < -0.3 is 0 Å². The van der Waals surface area contributed by atoms with Crippen molar-refractivity contribution in [3.05, 3.63) is 64.4 Å². The second kappa shape index (κ2) is 5.99. The third-order valence-corrected chi connectivity index (χ3v) is 5.80. The minimum absolute atomic E-state index is 0.0985. The highest BCUT2D eigenvalue weighted by Crippen LogP contribution is 2.32. The first kappa shape index (κ1) is 15.5. The zero-order valence-corrected chi connectivity index (χ0v) is 13.3. The van der Waals surface area contributed by atoms with Crippen LogP contribution in [0.4, 0.5) is 4.39 Å². The fourth-order valence-electron chi connectivity index (χ4n) is 2.82. The highest BCUT2D eigenvalue weighted by atomic mass is 35.5. The Labute approximate surface area is 134 Å². The molecule has 1 atom stereocenters. The molecule has 3 rings (SSSR count). The Hall–Kier alpha value is -1.43. The van der Waals surface area contributed by atoms with Gasteiger partial charge in [0.05, 0.1) is 5.02 Å². The molecular weight excluding hydrogens is 325 g/mol. The highest BCUT2D eigenvalue weighted by molar-refractivity contribution is 7.89. The zero-order valence-electron chi connectivity index (χ0n) is 11.7. The summed E-state index contributed by atoms with van der Waals surface area (Å²) in [5.41, 5.74) is 2.15. The summed E-state index contributed by atoms with van der Waals surface area (Å²) in [5.74, 6) is -0.563. The first-order chi connectivity index (χ1) is 10.5. The molecule has 0 aliphatic heterocycles. The van der Waals surface area contributed by atoms with Crippen LogP contribution in [0.5, 0.6) is 0 Å². The molecule has 0 saturated heterocycles. The highest BCUT2D eigenvalue weighted by Gasteiger charge is 2.26. The minimum atomic E-state index is -3.80. The van der Waals surface area contributed by atoms with Crippen LogP contribution in [0.25, 0.3) is 0 Å². The number of halogens is 2. The average Bonchev–Trinajstić information content (AvgIpc) is 2.47. The summed E-state index contributed by atoms with van der Waals surface area (Å²) < 4.78 is 40.8. The lowest BCUT2D eigenvalue weighted by Crippen LogP contribution is -2.31. The molecule has 0 spiro atoms. The number of benzene rings is 2. The van der Waals surface area contributed by atoms with E-state index in [1.54, 1.807) is 0 Å². The van der Waals surface area contributed by atoms with Crippen LogP contribution >= 0.6 is 11.6 Å². The topological polar surface area (TPSA) is 46.2 Å². The molecule has 22 heavy (non-hydrogen) atoms. The Kier molecular flexibility index (Phi) is 4.21. The summed E-state index contributed by atoms with van der Waals surface area (Å²) in [6.07, 6.45) is 2.60. The van der Waals surface area contributed by atoms with Crippen molar-refractivity contribution in [2.75, 3.05) is 0 Å². The maximum atomic E-state index is 13.1. The maximum absolute atomic E-state index is 13.1. The van der Waals surface area contributed by atoms with Crippen molar-refractivity contribution in [3.63, 3.8) is 0 Å². The normalized spacial score (nSPS) is 18.0. The van der Waals surface area contributed by atoms with E-state index in [1.807, 2.05) is 24.3 Å². The first-order valence-corrected chi connectivity index (χ1v) is 8.89. The summed E-state index contributed by atoms with van der Waals surface area (Å²) in [4.78, 5) is -0.0985. The van der Waals surface area contributed by atoms with Crippen molar-refractivity contribution in [2.24, 2.45) is 0 Å². The molecule has 116 valence electrons. The summed E-state index contributed by atoms with van der Waals surface area (Å²) in [6, 6.07) is 10.8. The standard InChI is InChI=1S/C16H15ClFNO2S/c17-14-10-12(18)8-9-16(14)22(20,21)19-15-7-3-5-11-4-1-2-6-13(11)15/h1-2,4,6,8-10,15,19H,3,5,7H2. The van der Waals surface area contributed by atoms with Gasteiger partial charge in [-0.3, -0.25) is 0 Å². The molecule has 0 bridgehead atoms. The predicted molar refractivity (Wildman–Crippen MR) is 83.9 cm³/mol. The molecule has 0 radical (unpaired) electrons. The second-order valence-electron chi connectivity index (χ2n) is 5.34. The third-order valence-electron chi connectivity index (χ3n) is 3.85. The summed E-state index contributed by atoms with van der Waals surface area (Å²) in [7, 11) is -3.80. The quantitative estimate of drug-likeness (QED) is 0.923. The van der Waals surface area contributed by atoms with Crippen molar-refractivity contribution in [2.45, 2.75) is 30.2 Å². The van der Waals surface area contributed by atoms with Crippen LogP contribution in [0.2, 0.25) is 5.02 Å². The first-order valence-electron chi connectivity index (χ1n) is 7.02. The Morgan fingerprint density at radius 2 is 1.95 bits per heavy atom. The lowest BCUT2D eigenvalue weighted by Gasteiger charge is -2.26. The maximum Gasteiger partial charge on any atom is 0.242 e. The van der Waals surface area contributed by atoms with Crippen LogP contribution in [-0.4, -0.2) is 8.42 Å². The SMILES string of the molecule is O=S(=O)(NC1CCCc2ccccc21)c1ccc(F)cc1Cl. The lowest BCUT2D eigenvalue weighted by atomic mass is 9.88. The van der Waals surface area contributed by atoms with Crippen molar-refractivity contribution in [1.82, 2.24) is 4.72 Å². The summed E-state index contributed by atoms with van der Waals surface area (Å²) in [6.45, 7) is 0. The van der Waals surface area contributed by atoms with Crippen molar-refractivity contribution in [1.29, 1.82) is 0 Å². The Balaban J connectivity index is 1.93. The van der Waals surface area contributed by atoms with E-state index < -0.39 is 15.8 Å². The molecule has 1 N–H and O–H groups in total. The summed E-state index contributed by atoms with van der Waals surface area (Å²) in [5, 5.41) is -0.114. The molecule has 3 nitrogen and oxygen atoms in total. The number of hydrogen-bond acceptors (Lipinski definition) is 2. The van der Waals surface area contributed by atoms with Gasteiger partial charge in [0, 0.05) is 6.04 Å². The number of aryl methyl sites for hydroxylation is 1. The van der Waals surface area contributed by atoms with Gasteiger partial charge in [-0.1, -0.05) is 35.9 Å². The average molecular weight is 340 g/mol. The Bertz CT molecular complexity index is 808. The van der Waals surface area contributed by atoms with E-state index >= 15 is 0 Å². The summed E-state index contributed by atoms with van der Waals surface area (Å²) >= 11 is 5.87. The lowest BCUT2D eigenvalue weighted by molar-refractivity contribution is 0.507. The van der Waals surface area contributed by atoms with E-state index in [4.69, 9.17) is 11.6 Å². The molecular formula is C16H15ClFNO2S. The van der Waals surface area contributed by atoms with Gasteiger partial charge in [-0.15, -0.1) is 0 Å². The van der Waals surface area contributed by atoms with Gasteiger partial charge >= 0.3 is 0 Å². The molecule has 1 aliphatic rings. The molecule has 6 heteroatoms. The van der Waals surface area contributed by atoms with Crippen LogP contribution in [0.1, 0.15) is 30.0 Å². The van der Waals surface area contributed by atoms with Gasteiger partial charge in [-0.05, 0) is 48.6 Å². The molecule has 2 aromatic rings. The Morgan fingerprint density at radius 3 is 2.73 bits per heavy atom. The van der Waals surface area contributed by atoms with Crippen LogP contribution in [-0.2, 0) is 16.4 Å². The fourth-order valence-corrected chi connectivity index (χ4v) is 4.60. The molecule has 1 unspecified atom stereocenters. The van der Waals surface area contributed by atoms with E-state index in [1.165, 1.54) is 6.07 Å². The third kappa shape index (κ3) is 3.02. The number of sulfonamides is 1. The minimum Gasteiger partial charge on any atom is -0.207 e. The van der Waals surface area contributed by atoms with Gasteiger partial charge in [0.15, 0.2) is 0 Å². The smallest absolute Gasteiger partial charge is 0.207 e. The van der Waals surface area contributed by atoms with Crippen LogP contribution in [0, 0.1) is 5.82 Å². The number of fused-ring (bicyclic) bond motifs is 1. The van der Waals surface area contributed by atoms with Crippen molar-refractivity contribution in [3.8, 4) is 0 Å². The molecule has 0 amide bonds. The van der Waals surface area contributed by atoms with E-state index in [9.17, 15) is 12.8 Å². The van der Waals surface area contributed by atoms with Crippen LogP contribution in [0.3, 0.4) is 0 Å². The predicted octanol–water partition coefficient (Wildman–Crippen LogP) is 3.84. The largest absolute Gasteiger partial charge is 0.242 e. The van der Waals surface area contributed by atoms with Gasteiger partial charge in [-0.2, -0.15) is 0 Å². The second-order valence-corrected chi connectivity index (χ2v) is 7.43. The van der Waals surface area contributed by atoms with Crippen molar-refractivity contribution < 1.29 is 12.8 Å². The van der Waals surface area contributed by atoms with E-state index in [2.05, 4.69) is 4.72 Å². The molecule has 0 fully saturated rings. The molecule has 0 heterocycles. The number of nitrogens with one attached hydrogen (secondary N) is 1. The number of rotatable bonds is 3. The molecule has 0 saturated carbocycles. The number of hydrogen-bond donors (Lipinski definition) is 1. The van der Waals surface area contributed by atoms with Gasteiger partial charge in [-0.25, -0.2) is 17.5 Å². The zero-order chi connectivity index (χ0) is 15.7. The van der Waals surface area contributed by atoms with Gasteiger partial charge in [0.25, 0.3) is 0 Å². The van der Waals surface area contributed by atoms with E-state index in [0.717, 1.165) is 42.5 Å². The van der Waals surface area contributed by atoms with Gasteiger partial charge in [0.2, 0.25) is 10.0 Å².